The Labute approximate surface area is 112 Å². The molecule has 0 unspecified atom stereocenters. The standard InChI is InChI=1S/C12H10N6O2/c19-12(18-20)7-1-3-8(4-2-7)17-11-9-10(14-5-13-9)15-6-16-11/h1-6,20H,(H,18,19)(H2,13,14,15,16,17). The van der Waals surface area contributed by atoms with Crippen molar-refractivity contribution in [2.45, 2.75) is 0 Å². The summed E-state index contributed by atoms with van der Waals surface area (Å²) in [6.45, 7) is 0. The van der Waals surface area contributed by atoms with Crippen molar-refractivity contribution in [3.05, 3.63) is 42.5 Å². The summed E-state index contributed by atoms with van der Waals surface area (Å²) in [6.07, 6.45) is 2.96. The van der Waals surface area contributed by atoms with Gasteiger partial charge in [0.25, 0.3) is 5.91 Å². The minimum Gasteiger partial charge on any atom is -0.340 e. The van der Waals surface area contributed by atoms with Crippen molar-refractivity contribution in [2.75, 3.05) is 5.32 Å². The zero-order chi connectivity index (χ0) is 13.9. The van der Waals surface area contributed by atoms with Crippen LogP contribution < -0.4 is 10.8 Å². The minimum absolute atomic E-state index is 0.354. The second-order valence-corrected chi connectivity index (χ2v) is 3.97. The van der Waals surface area contributed by atoms with E-state index in [1.54, 1.807) is 36.1 Å². The summed E-state index contributed by atoms with van der Waals surface area (Å²) in [5.41, 5.74) is 3.94. The van der Waals surface area contributed by atoms with E-state index in [1.165, 1.54) is 6.33 Å². The Morgan fingerprint density at radius 1 is 1.15 bits per heavy atom. The van der Waals surface area contributed by atoms with E-state index < -0.39 is 5.91 Å². The van der Waals surface area contributed by atoms with Gasteiger partial charge in [-0.15, -0.1) is 0 Å². The first-order valence-corrected chi connectivity index (χ1v) is 5.73. The number of nitrogens with one attached hydrogen (secondary N) is 3. The highest BCUT2D eigenvalue weighted by Gasteiger charge is 2.07. The topological polar surface area (TPSA) is 116 Å². The molecule has 8 heteroatoms. The largest absolute Gasteiger partial charge is 0.340 e. The molecule has 2 heterocycles. The molecular weight excluding hydrogens is 260 g/mol. The first-order valence-electron chi connectivity index (χ1n) is 5.73. The maximum absolute atomic E-state index is 11.2. The fraction of sp³-hybridized carbons (Fsp3) is 0. The molecule has 0 aliphatic carbocycles. The fourth-order valence-electron chi connectivity index (χ4n) is 1.77. The van der Waals surface area contributed by atoms with Crippen LogP contribution in [0.2, 0.25) is 0 Å². The summed E-state index contributed by atoms with van der Waals surface area (Å²) in [6, 6.07) is 6.57. The SMILES string of the molecule is O=C(NO)c1ccc(Nc2ncnc3nc[nH]c23)cc1. The number of aromatic amines is 1. The molecule has 3 rings (SSSR count). The number of hydroxylamine groups is 1. The van der Waals surface area contributed by atoms with Gasteiger partial charge in [-0.05, 0) is 24.3 Å². The zero-order valence-electron chi connectivity index (χ0n) is 10.2. The molecule has 8 nitrogen and oxygen atoms in total. The predicted octanol–water partition coefficient (Wildman–Crippen LogP) is 1.22. The molecule has 4 N–H and O–H groups in total. The van der Waals surface area contributed by atoms with Gasteiger partial charge in [0.15, 0.2) is 11.5 Å². The summed E-state index contributed by atoms with van der Waals surface area (Å²) < 4.78 is 0. The van der Waals surface area contributed by atoms with Crippen molar-refractivity contribution < 1.29 is 10.0 Å². The Bertz CT molecular complexity index is 752. The summed E-state index contributed by atoms with van der Waals surface area (Å²) in [5, 5.41) is 11.6. The Kier molecular flexibility index (Phi) is 2.98. The van der Waals surface area contributed by atoms with Crippen molar-refractivity contribution in [1.82, 2.24) is 25.4 Å². The molecule has 0 radical (unpaired) electrons. The second kappa shape index (κ2) is 4.94. The van der Waals surface area contributed by atoms with Crippen LogP contribution in [0, 0.1) is 0 Å². The van der Waals surface area contributed by atoms with Crippen LogP contribution in [0.4, 0.5) is 11.5 Å². The number of carbonyl (C=O) groups excluding carboxylic acids is 1. The number of carbonyl (C=O) groups is 1. The number of hydrogen-bond acceptors (Lipinski definition) is 6. The highest BCUT2D eigenvalue weighted by atomic mass is 16.5. The second-order valence-electron chi connectivity index (χ2n) is 3.97. The van der Waals surface area contributed by atoms with E-state index in [1.807, 2.05) is 0 Å². The molecule has 0 atom stereocenters. The molecule has 0 spiro atoms. The molecule has 0 bridgehead atoms. The van der Waals surface area contributed by atoms with Crippen molar-refractivity contribution in [3.8, 4) is 0 Å². The maximum Gasteiger partial charge on any atom is 0.274 e. The molecule has 100 valence electrons. The third-order valence-corrected chi connectivity index (χ3v) is 2.73. The Balaban J connectivity index is 1.88. The van der Waals surface area contributed by atoms with E-state index in [9.17, 15) is 4.79 Å². The van der Waals surface area contributed by atoms with Gasteiger partial charge in [0, 0.05) is 11.3 Å². The number of nitrogens with zero attached hydrogens (tertiary/aromatic N) is 3. The molecule has 3 aromatic rings. The van der Waals surface area contributed by atoms with Gasteiger partial charge in [-0.3, -0.25) is 10.0 Å². The molecule has 1 amide bonds. The maximum atomic E-state index is 11.2. The van der Waals surface area contributed by atoms with E-state index in [0.29, 0.717) is 22.5 Å². The highest BCUT2D eigenvalue weighted by molar-refractivity contribution is 5.94. The quantitative estimate of drug-likeness (QED) is 0.420. The van der Waals surface area contributed by atoms with Crippen LogP contribution in [0.25, 0.3) is 11.2 Å². The number of anilines is 2. The van der Waals surface area contributed by atoms with Gasteiger partial charge in [-0.1, -0.05) is 0 Å². The number of aromatic nitrogens is 4. The van der Waals surface area contributed by atoms with E-state index in [2.05, 4.69) is 25.3 Å². The lowest BCUT2D eigenvalue weighted by Gasteiger charge is -2.06. The van der Waals surface area contributed by atoms with Crippen LogP contribution >= 0.6 is 0 Å². The van der Waals surface area contributed by atoms with Crippen LogP contribution in [0.5, 0.6) is 0 Å². The Morgan fingerprint density at radius 3 is 2.70 bits per heavy atom. The number of H-pyrrole nitrogens is 1. The average Bonchev–Trinajstić information content (AvgIpc) is 2.97. The summed E-state index contributed by atoms with van der Waals surface area (Å²) >= 11 is 0. The number of imidazole rings is 1. The summed E-state index contributed by atoms with van der Waals surface area (Å²) in [4.78, 5) is 26.4. The van der Waals surface area contributed by atoms with E-state index in [0.717, 1.165) is 5.69 Å². The molecule has 0 aliphatic heterocycles. The lowest BCUT2D eigenvalue weighted by molar-refractivity contribution is 0.0706. The molecule has 20 heavy (non-hydrogen) atoms. The van der Waals surface area contributed by atoms with E-state index >= 15 is 0 Å². The molecule has 0 aliphatic rings. The van der Waals surface area contributed by atoms with Gasteiger partial charge in [0.1, 0.15) is 11.8 Å². The summed E-state index contributed by atoms with van der Waals surface area (Å²) in [7, 11) is 0. The number of fused-ring (bicyclic) bond motifs is 1. The smallest absolute Gasteiger partial charge is 0.274 e. The van der Waals surface area contributed by atoms with E-state index in [4.69, 9.17) is 5.21 Å². The third-order valence-electron chi connectivity index (χ3n) is 2.73. The number of amides is 1. The predicted molar refractivity (Wildman–Crippen MR) is 70.7 cm³/mol. The lowest BCUT2D eigenvalue weighted by atomic mass is 10.2. The molecule has 0 saturated heterocycles. The van der Waals surface area contributed by atoms with Gasteiger partial charge < -0.3 is 10.3 Å². The molecule has 0 fully saturated rings. The van der Waals surface area contributed by atoms with Crippen LogP contribution in [0.1, 0.15) is 10.4 Å². The summed E-state index contributed by atoms with van der Waals surface area (Å²) in [5.74, 6) is 0.0291. The Hall–Kier alpha value is -3.00. The third kappa shape index (κ3) is 2.15. The fourth-order valence-corrected chi connectivity index (χ4v) is 1.77. The first kappa shape index (κ1) is 12.1. The van der Waals surface area contributed by atoms with Gasteiger partial charge >= 0.3 is 0 Å². The van der Waals surface area contributed by atoms with Gasteiger partial charge in [-0.2, -0.15) is 0 Å². The lowest BCUT2D eigenvalue weighted by Crippen LogP contribution is -2.18. The van der Waals surface area contributed by atoms with Gasteiger partial charge in [0.05, 0.1) is 6.33 Å². The van der Waals surface area contributed by atoms with Crippen molar-refractivity contribution in [2.24, 2.45) is 0 Å². The first-order chi connectivity index (χ1) is 9.78. The highest BCUT2D eigenvalue weighted by Crippen LogP contribution is 2.20. The van der Waals surface area contributed by atoms with Gasteiger partial charge in [-0.25, -0.2) is 20.4 Å². The van der Waals surface area contributed by atoms with Crippen LogP contribution in [0.3, 0.4) is 0 Å². The van der Waals surface area contributed by atoms with E-state index in [-0.39, 0.29) is 0 Å². The number of hydrogen-bond donors (Lipinski definition) is 4. The van der Waals surface area contributed by atoms with Crippen LogP contribution in [-0.2, 0) is 0 Å². The molecule has 1 aromatic carbocycles. The Morgan fingerprint density at radius 2 is 1.95 bits per heavy atom. The molecule has 0 saturated carbocycles. The zero-order valence-corrected chi connectivity index (χ0v) is 10.2. The van der Waals surface area contributed by atoms with Crippen LogP contribution in [-0.4, -0.2) is 31.1 Å². The van der Waals surface area contributed by atoms with Crippen molar-refractivity contribution in [3.63, 3.8) is 0 Å². The van der Waals surface area contributed by atoms with Crippen LogP contribution in [0.15, 0.2) is 36.9 Å². The number of rotatable bonds is 3. The molecule has 2 aromatic heterocycles. The average molecular weight is 270 g/mol. The van der Waals surface area contributed by atoms with Crippen molar-refractivity contribution in [1.29, 1.82) is 0 Å². The van der Waals surface area contributed by atoms with Gasteiger partial charge in [0.2, 0.25) is 0 Å². The normalized spacial score (nSPS) is 10.4. The molecular formula is C12H10N6O2. The minimum atomic E-state index is -0.561. The number of benzene rings is 1. The van der Waals surface area contributed by atoms with Crippen molar-refractivity contribution >= 4 is 28.6 Å². The monoisotopic (exact) mass is 270 g/mol.